The molecule has 0 aromatic carbocycles. The van der Waals surface area contributed by atoms with E-state index >= 15 is 0 Å². The molecule has 17 heavy (non-hydrogen) atoms. The van der Waals surface area contributed by atoms with Crippen molar-refractivity contribution in [2.75, 3.05) is 18.1 Å². The molecular formula is C12H24N2O2S. The van der Waals surface area contributed by atoms with Crippen LogP contribution in [-0.4, -0.2) is 42.2 Å². The molecule has 4 nitrogen and oxygen atoms in total. The molecule has 1 amide bonds. The number of ether oxygens (including phenoxy) is 1. The SMILES string of the molecule is CCSCCC(C)NC(=O)[C@@H]1CC[C@H](CN)O1. The van der Waals surface area contributed by atoms with Gasteiger partial charge in [0.1, 0.15) is 6.10 Å². The van der Waals surface area contributed by atoms with Gasteiger partial charge in [0.05, 0.1) is 6.10 Å². The molecule has 1 unspecified atom stereocenters. The fourth-order valence-electron chi connectivity index (χ4n) is 1.88. The van der Waals surface area contributed by atoms with Gasteiger partial charge in [-0.1, -0.05) is 6.92 Å². The van der Waals surface area contributed by atoms with E-state index < -0.39 is 0 Å². The van der Waals surface area contributed by atoms with Gasteiger partial charge in [-0.25, -0.2) is 0 Å². The monoisotopic (exact) mass is 260 g/mol. The molecule has 100 valence electrons. The van der Waals surface area contributed by atoms with Gasteiger partial charge < -0.3 is 15.8 Å². The van der Waals surface area contributed by atoms with Crippen LogP contribution in [0.25, 0.3) is 0 Å². The van der Waals surface area contributed by atoms with E-state index in [-0.39, 0.29) is 24.2 Å². The van der Waals surface area contributed by atoms with Crippen molar-refractivity contribution in [3.05, 3.63) is 0 Å². The summed E-state index contributed by atoms with van der Waals surface area (Å²) in [6.07, 6.45) is 2.48. The molecule has 0 aliphatic carbocycles. The summed E-state index contributed by atoms with van der Waals surface area (Å²) in [5.41, 5.74) is 5.52. The number of nitrogens with one attached hydrogen (secondary N) is 1. The highest BCUT2D eigenvalue weighted by atomic mass is 32.2. The zero-order valence-electron chi connectivity index (χ0n) is 10.8. The van der Waals surface area contributed by atoms with Crippen molar-refractivity contribution >= 4 is 17.7 Å². The Morgan fingerprint density at radius 1 is 1.59 bits per heavy atom. The summed E-state index contributed by atoms with van der Waals surface area (Å²) >= 11 is 1.90. The molecule has 0 spiro atoms. The molecule has 1 aliphatic rings. The number of carbonyl (C=O) groups is 1. The van der Waals surface area contributed by atoms with Crippen molar-refractivity contribution in [3.8, 4) is 0 Å². The van der Waals surface area contributed by atoms with Gasteiger partial charge in [0.25, 0.3) is 0 Å². The van der Waals surface area contributed by atoms with Crippen molar-refractivity contribution in [3.63, 3.8) is 0 Å². The summed E-state index contributed by atoms with van der Waals surface area (Å²) < 4.78 is 5.56. The number of hydrogen-bond donors (Lipinski definition) is 2. The van der Waals surface area contributed by atoms with Gasteiger partial charge in [-0.05, 0) is 37.7 Å². The molecule has 1 heterocycles. The highest BCUT2D eigenvalue weighted by molar-refractivity contribution is 7.99. The third kappa shape index (κ3) is 5.27. The van der Waals surface area contributed by atoms with E-state index in [4.69, 9.17) is 10.5 Å². The number of hydrogen-bond acceptors (Lipinski definition) is 4. The maximum atomic E-state index is 11.9. The first-order chi connectivity index (χ1) is 8.17. The fraction of sp³-hybridized carbons (Fsp3) is 0.917. The smallest absolute Gasteiger partial charge is 0.249 e. The molecule has 1 rings (SSSR count). The Kier molecular flexibility index (Phi) is 6.92. The zero-order chi connectivity index (χ0) is 12.7. The summed E-state index contributed by atoms with van der Waals surface area (Å²) in [6, 6.07) is 0.224. The second-order valence-corrected chi connectivity index (χ2v) is 5.85. The zero-order valence-corrected chi connectivity index (χ0v) is 11.6. The van der Waals surface area contributed by atoms with E-state index in [0.717, 1.165) is 30.8 Å². The number of amides is 1. The van der Waals surface area contributed by atoms with E-state index in [9.17, 15) is 4.79 Å². The molecule has 5 heteroatoms. The Balaban J connectivity index is 2.20. The first-order valence-electron chi connectivity index (χ1n) is 6.41. The normalized spacial score (nSPS) is 25.8. The molecule has 0 radical (unpaired) electrons. The molecule has 3 N–H and O–H groups in total. The van der Waals surface area contributed by atoms with E-state index in [1.54, 1.807) is 0 Å². The quantitative estimate of drug-likeness (QED) is 0.674. The topological polar surface area (TPSA) is 64.4 Å². The van der Waals surface area contributed by atoms with Gasteiger partial charge in [-0.3, -0.25) is 4.79 Å². The molecule has 0 saturated carbocycles. The van der Waals surface area contributed by atoms with Crippen molar-refractivity contribution < 1.29 is 9.53 Å². The lowest BCUT2D eigenvalue weighted by molar-refractivity contribution is -0.132. The second-order valence-electron chi connectivity index (χ2n) is 4.46. The van der Waals surface area contributed by atoms with Gasteiger partial charge in [0.15, 0.2) is 0 Å². The molecule has 3 atom stereocenters. The lowest BCUT2D eigenvalue weighted by Crippen LogP contribution is -2.40. The third-order valence-electron chi connectivity index (χ3n) is 2.95. The van der Waals surface area contributed by atoms with E-state index in [0.29, 0.717) is 6.54 Å². The van der Waals surface area contributed by atoms with Gasteiger partial charge in [-0.2, -0.15) is 11.8 Å². The third-order valence-corrected chi connectivity index (χ3v) is 3.88. The molecule has 1 fully saturated rings. The molecule has 0 bridgehead atoms. The van der Waals surface area contributed by atoms with Gasteiger partial charge in [0, 0.05) is 12.6 Å². The predicted molar refractivity (Wildman–Crippen MR) is 72.2 cm³/mol. The molecule has 0 aromatic heterocycles. The summed E-state index contributed by atoms with van der Waals surface area (Å²) in [6.45, 7) is 4.70. The van der Waals surface area contributed by atoms with Crippen LogP contribution >= 0.6 is 11.8 Å². The Labute approximate surface area is 108 Å². The van der Waals surface area contributed by atoms with Crippen LogP contribution in [0.5, 0.6) is 0 Å². The Morgan fingerprint density at radius 2 is 2.35 bits per heavy atom. The van der Waals surface area contributed by atoms with Crippen LogP contribution in [0.15, 0.2) is 0 Å². The van der Waals surface area contributed by atoms with Crippen LogP contribution in [-0.2, 0) is 9.53 Å². The minimum atomic E-state index is -0.287. The molecule has 1 aliphatic heterocycles. The number of rotatable bonds is 7. The lowest BCUT2D eigenvalue weighted by atomic mass is 10.1. The Hall–Kier alpha value is -0.260. The van der Waals surface area contributed by atoms with Crippen LogP contribution in [0, 0.1) is 0 Å². The second kappa shape index (κ2) is 7.95. The summed E-state index contributed by atoms with van der Waals surface area (Å²) in [4.78, 5) is 11.9. The van der Waals surface area contributed by atoms with Gasteiger partial charge in [0.2, 0.25) is 5.91 Å². The van der Waals surface area contributed by atoms with E-state index in [1.807, 2.05) is 18.7 Å². The summed E-state index contributed by atoms with van der Waals surface area (Å²) in [7, 11) is 0. The summed E-state index contributed by atoms with van der Waals surface area (Å²) in [5, 5.41) is 3.01. The van der Waals surface area contributed by atoms with Crippen molar-refractivity contribution in [2.45, 2.75) is 51.4 Å². The highest BCUT2D eigenvalue weighted by Gasteiger charge is 2.30. The lowest BCUT2D eigenvalue weighted by Gasteiger charge is -2.17. The van der Waals surface area contributed by atoms with Gasteiger partial charge >= 0.3 is 0 Å². The van der Waals surface area contributed by atoms with Crippen molar-refractivity contribution in [1.82, 2.24) is 5.32 Å². The number of carbonyl (C=O) groups excluding carboxylic acids is 1. The summed E-state index contributed by atoms with van der Waals surface area (Å²) in [5.74, 6) is 2.24. The van der Waals surface area contributed by atoms with Gasteiger partial charge in [-0.15, -0.1) is 0 Å². The molecule has 0 aromatic rings. The standard InChI is InChI=1S/C12H24N2O2S/c1-3-17-7-6-9(2)14-12(15)11-5-4-10(8-13)16-11/h9-11H,3-8,13H2,1-2H3,(H,14,15)/t9?,10-,11+/m1/s1. The number of thioether (sulfide) groups is 1. The van der Waals surface area contributed by atoms with Crippen LogP contribution in [0.4, 0.5) is 0 Å². The first kappa shape index (κ1) is 14.8. The van der Waals surface area contributed by atoms with E-state index in [1.165, 1.54) is 0 Å². The predicted octanol–water partition coefficient (Wildman–Crippen LogP) is 1.14. The van der Waals surface area contributed by atoms with Crippen molar-refractivity contribution in [1.29, 1.82) is 0 Å². The highest BCUT2D eigenvalue weighted by Crippen LogP contribution is 2.19. The maximum Gasteiger partial charge on any atom is 0.249 e. The number of nitrogens with two attached hydrogens (primary N) is 1. The van der Waals surface area contributed by atoms with Crippen molar-refractivity contribution in [2.24, 2.45) is 5.73 Å². The minimum absolute atomic E-state index is 0.0231. The molecule has 1 saturated heterocycles. The maximum absolute atomic E-state index is 11.9. The Morgan fingerprint density at radius 3 is 2.94 bits per heavy atom. The fourth-order valence-corrected chi connectivity index (χ4v) is 2.69. The molecular weight excluding hydrogens is 236 g/mol. The van der Waals surface area contributed by atoms with Crippen LogP contribution in [0.3, 0.4) is 0 Å². The van der Waals surface area contributed by atoms with Crippen LogP contribution < -0.4 is 11.1 Å². The average Bonchev–Trinajstić information content (AvgIpc) is 2.78. The van der Waals surface area contributed by atoms with E-state index in [2.05, 4.69) is 12.2 Å². The first-order valence-corrected chi connectivity index (χ1v) is 7.56. The van der Waals surface area contributed by atoms with Crippen LogP contribution in [0.2, 0.25) is 0 Å². The Bertz CT molecular complexity index is 239. The van der Waals surface area contributed by atoms with Crippen LogP contribution in [0.1, 0.15) is 33.1 Å². The largest absolute Gasteiger partial charge is 0.364 e. The minimum Gasteiger partial charge on any atom is -0.364 e. The average molecular weight is 260 g/mol.